The number of anilines is 3. The van der Waals surface area contributed by atoms with Crippen LogP contribution in [0.15, 0.2) is 72.8 Å². The van der Waals surface area contributed by atoms with Crippen molar-refractivity contribution in [2.24, 2.45) is 0 Å². The number of hydrogen-bond acceptors (Lipinski definition) is 4. The molecular weight excluding hydrogens is 418 g/mol. The quantitative estimate of drug-likeness (QED) is 0.556. The molecule has 1 aliphatic heterocycles. The highest BCUT2D eigenvalue weighted by Crippen LogP contribution is 2.42. The van der Waals surface area contributed by atoms with Crippen molar-refractivity contribution in [1.29, 1.82) is 0 Å². The molecule has 164 valence electrons. The van der Waals surface area contributed by atoms with Gasteiger partial charge in [-0.25, -0.2) is 0 Å². The fourth-order valence-electron chi connectivity index (χ4n) is 3.73. The highest BCUT2D eigenvalue weighted by molar-refractivity contribution is 8.00. The van der Waals surface area contributed by atoms with Crippen LogP contribution in [0.3, 0.4) is 0 Å². The number of thioether (sulfide) groups is 1. The zero-order valence-electron chi connectivity index (χ0n) is 18.5. The van der Waals surface area contributed by atoms with E-state index >= 15 is 0 Å². The molecule has 32 heavy (non-hydrogen) atoms. The van der Waals surface area contributed by atoms with Gasteiger partial charge in [0.25, 0.3) is 5.91 Å². The maximum Gasteiger partial charge on any atom is 0.255 e. The van der Waals surface area contributed by atoms with Crippen LogP contribution in [0.4, 0.5) is 17.1 Å². The summed E-state index contributed by atoms with van der Waals surface area (Å²) in [7, 11) is 3.99. The minimum absolute atomic E-state index is 0.0862. The number of nitrogens with zero attached hydrogens (tertiary/aromatic N) is 2. The van der Waals surface area contributed by atoms with Crippen molar-refractivity contribution in [2.75, 3.05) is 35.0 Å². The molecule has 1 saturated heterocycles. The minimum atomic E-state index is -0.143. The largest absolute Gasteiger partial charge is 0.378 e. The highest BCUT2D eigenvalue weighted by atomic mass is 32.2. The summed E-state index contributed by atoms with van der Waals surface area (Å²) in [4.78, 5) is 29.3. The molecule has 6 heteroatoms. The lowest BCUT2D eigenvalue weighted by Crippen LogP contribution is -2.27. The minimum Gasteiger partial charge on any atom is -0.378 e. The predicted molar refractivity (Wildman–Crippen MR) is 134 cm³/mol. The number of aryl methyl sites for hydroxylation is 1. The van der Waals surface area contributed by atoms with Gasteiger partial charge in [-0.2, -0.15) is 0 Å². The smallest absolute Gasteiger partial charge is 0.255 e. The normalized spacial score (nSPS) is 15.7. The van der Waals surface area contributed by atoms with E-state index < -0.39 is 0 Å². The Labute approximate surface area is 193 Å². The molecule has 5 nitrogen and oxygen atoms in total. The number of hydrogen-bond donors (Lipinski definition) is 1. The molecule has 1 atom stereocenters. The van der Waals surface area contributed by atoms with E-state index in [4.69, 9.17) is 0 Å². The van der Waals surface area contributed by atoms with Gasteiger partial charge in [0.1, 0.15) is 5.37 Å². The van der Waals surface area contributed by atoms with Gasteiger partial charge in [-0.05, 0) is 66.1 Å². The van der Waals surface area contributed by atoms with Crippen LogP contribution in [-0.2, 0) is 11.2 Å². The summed E-state index contributed by atoms with van der Waals surface area (Å²) in [5, 5.41) is 2.86. The van der Waals surface area contributed by atoms with Gasteiger partial charge in [-0.1, -0.05) is 31.2 Å². The van der Waals surface area contributed by atoms with Crippen LogP contribution in [0.1, 0.15) is 33.8 Å². The average Bonchev–Trinajstić information content (AvgIpc) is 3.20. The Morgan fingerprint density at radius 3 is 2.44 bits per heavy atom. The molecule has 0 spiro atoms. The van der Waals surface area contributed by atoms with Crippen molar-refractivity contribution in [3.8, 4) is 0 Å². The fraction of sp³-hybridized carbons (Fsp3) is 0.231. The Balaban J connectivity index is 1.54. The van der Waals surface area contributed by atoms with Crippen molar-refractivity contribution in [3.63, 3.8) is 0 Å². The van der Waals surface area contributed by atoms with Crippen LogP contribution in [0.5, 0.6) is 0 Å². The SMILES string of the molecule is CCc1ccc(C(=O)Nc2cccc(C3SCC(=O)N3c3ccc(N(C)C)cc3)c2)cc1. The van der Waals surface area contributed by atoms with Gasteiger partial charge in [0.05, 0.1) is 5.75 Å². The van der Waals surface area contributed by atoms with E-state index in [1.54, 1.807) is 11.8 Å². The van der Waals surface area contributed by atoms with Crippen molar-refractivity contribution < 1.29 is 9.59 Å². The standard InChI is InChI=1S/C26H27N3O2S/c1-4-18-8-10-19(11-9-18)25(31)27-21-7-5-6-20(16-21)26-29(24(30)17-32-26)23-14-12-22(13-15-23)28(2)3/h5-16,26H,4,17H2,1-3H3,(H,27,31). The van der Waals surface area contributed by atoms with E-state index in [9.17, 15) is 9.59 Å². The second-order valence-electron chi connectivity index (χ2n) is 7.97. The first kappa shape index (κ1) is 22.0. The van der Waals surface area contributed by atoms with E-state index in [2.05, 4.69) is 12.2 Å². The first-order chi connectivity index (χ1) is 15.5. The Morgan fingerprint density at radius 1 is 1.06 bits per heavy atom. The van der Waals surface area contributed by atoms with Crippen LogP contribution in [-0.4, -0.2) is 31.7 Å². The Morgan fingerprint density at radius 2 is 1.78 bits per heavy atom. The zero-order chi connectivity index (χ0) is 22.7. The summed E-state index contributed by atoms with van der Waals surface area (Å²) >= 11 is 1.60. The second kappa shape index (κ2) is 9.49. The molecule has 0 radical (unpaired) electrons. The maximum absolute atomic E-state index is 12.7. The molecular formula is C26H27N3O2S. The molecule has 4 rings (SSSR count). The predicted octanol–water partition coefficient (Wildman–Crippen LogP) is 5.35. The summed E-state index contributed by atoms with van der Waals surface area (Å²) in [6.45, 7) is 2.09. The van der Waals surface area contributed by atoms with Gasteiger partial charge < -0.3 is 10.2 Å². The van der Waals surface area contributed by atoms with E-state index in [1.807, 2.05) is 96.7 Å². The van der Waals surface area contributed by atoms with Gasteiger partial charge in [0, 0.05) is 36.7 Å². The first-order valence-electron chi connectivity index (χ1n) is 10.7. The number of rotatable bonds is 6. The molecule has 1 heterocycles. The number of carbonyl (C=O) groups excluding carboxylic acids is 2. The number of benzene rings is 3. The lowest BCUT2D eigenvalue weighted by molar-refractivity contribution is -0.115. The van der Waals surface area contributed by atoms with E-state index in [-0.39, 0.29) is 17.2 Å². The third-order valence-corrected chi connectivity index (χ3v) is 6.78. The molecule has 2 amide bonds. The van der Waals surface area contributed by atoms with E-state index in [0.717, 1.165) is 29.0 Å². The molecule has 0 saturated carbocycles. The summed E-state index contributed by atoms with van der Waals surface area (Å²) in [6, 6.07) is 23.4. The summed E-state index contributed by atoms with van der Waals surface area (Å²) in [6.07, 6.45) is 0.941. The third kappa shape index (κ3) is 4.65. The summed E-state index contributed by atoms with van der Waals surface area (Å²) in [5.74, 6) is 0.375. The van der Waals surface area contributed by atoms with Crippen LogP contribution >= 0.6 is 11.8 Å². The van der Waals surface area contributed by atoms with Crippen LogP contribution in [0.2, 0.25) is 0 Å². The lowest BCUT2D eigenvalue weighted by atomic mass is 10.1. The molecule has 1 fully saturated rings. The fourth-order valence-corrected chi connectivity index (χ4v) is 4.89. The summed E-state index contributed by atoms with van der Waals surface area (Å²) < 4.78 is 0. The van der Waals surface area contributed by atoms with Crippen molar-refractivity contribution in [1.82, 2.24) is 0 Å². The van der Waals surface area contributed by atoms with Crippen LogP contribution in [0, 0.1) is 0 Å². The van der Waals surface area contributed by atoms with Gasteiger partial charge in [-0.3, -0.25) is 14.5 Å². The van der Waals surface area contributed by atoms with Crippen LogP contribution in [0.25, 0.3) is 0 Å². The summed E-state index contributed by atoms with van der Waals surface area (Å²) in [5.41, 5.74) is 5.49. The topological polar surface area (TPSA) is 52.7 Å². The number of carbonyl (C=O) groups is 2. The second-order valence-corrected chi connectivity index (χ2v) is 9.04. The van der Waals surface area contributed by atoms with Gasteiger partial charge in [0.15, 0.2) is 0 Å². The number of nitrogens with one attached hydrogen (secondary N) is 1. The van der Waals surface area contributed by atoms with Gasteiger partial charge >= 0.3 is 0 Å². The van der Waals surface area contributed by atoms with E-state index in [0.29, 0.717) is 11.3 Å². The zero-order valence-corrected chi connectivity index (χ0v) is 19.4. The molecule has 1 N–H and O–H groups in total. The molecule has 3 aromatic carbocycles. The molecule has 1 aliphatic rings. The molecule has 0 aromatic heterocycles. The average molecular weight is 446 g/mol. The first-order valence-corrected chi connectivity index (χ1v) is 11.7. The van der Waals surface area contributed by atoms with Gasteiger partial charge in [0.2, 0.25) is 5.91 Å². The van der Waals surface area contributed by atoms with Crippen molar-refractivity contribution in [2.45, 2.75) is 18.7 Å². The lowest BCUT2D eigenvalue weighted by Gasteiger charge is -2.25. The maximum atomic E-state index is 12.7. The van der Waals surface area contributed by atoms with E-state index in [1.165, 1.54) is 5.56 Å². The van der Waals surface area contributed by atoms with Crippen molar-refractivity contribution >= 4 is 40.6 Å². The number of amides is 2. The Kier molecular flexibility index (Phi) is 6.51. The Bertz CT molecular complexity index is 1110. The molecule has 0 aliphatic carbocycles. The monoisotopic (exact) mass is 445 g/mol. The van der Waals surface area contributed by atoms with Gasteiger partial charge in [-0.15, -0.1) is 11.8 Å². The molecule has 3 aromatic rings. The van der Waals surface area contributed by atoms with Crippen LogP contribution < -0.4 is 15.1 Å². The highest BCUT2D eigenvalue weighted by Gasteiger charge is 2.34. The third-order valence-electron chi connectivity index (χ3n) is 5.57. The Hall–Kier alpha value is -3.25. The molecule has 0 bridgehead atoms. The molecule has 1 unspecified atom stereocenters. The van der Waals surface area contributed by atoms with Crippen molar-refractivity contribution in [3.05, 3.63) is 89.5 Å².